The molecular weight excluding hydrogens is 166 g/mol. The standard InChI is InChI=1S/C9H17N3O/c1-7(2)12-6-11-5-9(12)8(10)3-4-13/h5-8,13H,3-4,10H2,1-2H3. The van der Waals surface area contributed by atoms with Crippen LogP contribution >= 0.6 is 0 Å². The minimum atomic E-state index is -0.116. The van der Waals surface area contributed by atoms with Crippen molar-refractivity contribution in [3.63, 3.8) is 0 Å². The third kappa shape index (κ3) is 2.29. The fourth-order valence-electron chi connectivity index (χ4n) is 1.32. The molecule has 1 aromatic heterocycles. The molecule has 0 aliphatic rings. The number of imidazole rings is 1. The van der Waals surface area contributed by atoms with E-state index in [0.717, 1.165) is 5.69 Å². The predicted octanol–water partition coefficient (Wildman–Crippen LogP) is 0.846. The first kappa shape index (κ1) is 10.2. The van der Waals surface area contributed by atoms with Crippen LogP contribution in [0.2, 0.25) is 0 Å². The second-order valence-corrected chi connectivity index (χ2v) is 3.44. The summed E-state index contributed by atoms with van der Waals surface area (Å²) in [6, 6.07) is 0.247. The van der Waals surface area contributed by atoms with E-state index in [1.807, 2.05) is 4.57 Å². The zero-order valence-corrected chi connectivity index (χ0v) is 8.14. The zero-order valence-electron chi connectivity index (χ0n) is 8.14. The van der Waals surface area contributed by atoms with E-state index < -0.39 is 0 Å². The van der Waals surface area contributed by atoms with Gasteiger partial charge in [-0.1, -0.05) is 0 Å². The lowest BCUT2D eigenvalue weighted by atomic mass is 10.1. The second-order valence-electron chi connectivity index (χ2n) is 3.44. The van der Waals surface area contributed by atoms with Crippen molar-refractivity contribution in [2.24, 2.45) is 5.73 Å². The van der Waals surface area contributed by atoms with Gasteiger partial charge in [-0.15, -0.1) is 0 Å². The van der Waals surface area contributed by atoms with Crippen LogP contribution in [0.4, 0.5) is 0 Å². The van der Waals surface area contributed by atoms with Gasteiger partial charge in [0.2, 0.25) is 0 Å². The highest BCUT2D eigenvalue weighted by atomic mass is 16.3. The Kier molecular flexibility index (Phi) is 3.45. The molecule has 74 valence electrons. The predicted molar refractivity (Wildman–Crippen MR) is 51.2 cm³/mol. The Morgan fingerprint density at radius 2 is 2.31 bits per heavy atom. The highest BCUT2D eigenvalue weighted by molar-refractivity contribution is 5.05. The van der Waals surface area contributed by atoms with Crippen molar-refractivity contribution in [1.82, 2.24) is 9.55 Å². The summed E-state index contributed by atoms with van der Waals surface area (Å²) in [6.45, 7) is 4.28. The van der Waals surface area contributed by atoms with E-state index >= 15 is 0 Å². The Labute approximate surface area is 78.4 Å². The SMILES string of the molecule is CC(C)n1cncc1C(N)CCO. The molecule has 0 aromatic carbocycles. The lowest BCUT2D eigenvalue weighted by molar-refractivity contribution is 0.274. The van der Waals surface area contributed by atoms with Gasteiger partial charge in [0, 0.05) is 24.9 Å². The quantitative estimate of drug-likeness (QED) is 0.727. The van der Waals surface area contributed by atoms with Crippen molar-refractivity contribution in [2.75, 3.05) is 6.61 Å². The third-order valence-electron chi connectivity index (χ3n) is 2.07. The lowest BCUT2D eigenvalue weighted by Gasteiger charge is -2.16. The number of aromatic nitrogens is 2. The number of aliphatic hydroxyl groups is 1. The Hall–Kier alpha value is -0.870. The summed E-state index contributed by atoms with van der Waals surface area (Å²) in [7, 11) is 0. The van der Waals surface area contributed by atoms with E-state index in [1.54, 1.807) is 12.5 Å². The second kappa shape index (κ2) is 4.39. The van der Waals surface area contributed by atoms with Gasteiger partial charge in [0.25, 0.3) is 0 Å². The maximum atomic E-state index is 8.76. The molecule has 0 bridgehead atoms. The molecule has 0 amide bonds. The lowest BCUT2D eigenvalue weighted by Crippen LogP contribution is -2.17. The van der Waals surface area contributed by atoms with E-state index in [9.17, 15) is 0 Å². The molecule has 1 unspecified atom stereocenters. The first-order valence-electron chi connectivity index (χ1n) is 4.55. The first-order valence-corrected chi connectivity index (χ1v) is 4.55. The summed E-state index contributed by atoms with van der Waals surface area (Å²) in [5.41, 5.74) is 6.86. The van der Waals surface area contributed by atoms with Gasteiger partial charge in [-0.05, 0) is 20.3 Å². The molecule has 1 aromatic rings. The number of hydrogen-bond acceptors (Lipinski definition) is 3. The van der Waals surface area contributed by atoms with Crippen LogP contribution < -0.4 is 5.73 Å². The molecule has 3 N–H and O–H groups in total. The summed E-state index contributed by atoms with van der Waals surface area (Å²) >= 11 is 0. The Morgan fingerprint density at radius 3 is 2.85 bits per heavy atom. The summed E-state index contributed by atoms with van der Waals surface area (Å²) in [5.74, 6) is 0. The molecule has 1 atom stereocenters. The van der Waals surface area contributed by atoms with Crippen LogP contribution in [0.5, 0.6) is 0 Å². The smallest absolute Gasteiger partial charge is 0.0951 e. The average molecular weight is 183 g/mol. The summed E-state index contributed by atoms with van der Waals surface area (Å²) in [4.78, 5) is 4.05. The minimum absolute atomic E-state index is 0.116. The highest BCUT2D eigenvalue weighted by Gasteiger charge is 2.12. The van der Waals surface area contributed by atoms with Crippen molar-refractivity contribution in [2.45, 2.75) is 32.4 Å². The molecule has 0 aliphatic heterocycles. The van der Waals surface area contributed by atoms with Gasteiger partial charge in [0.1, 0.15) is 0 Å². The zero-order chi connectivity index (χ0) is 9.84. The molecule has 0 aliphatic carbocycles. The number of hydrogen-bond donors (Lipinski definition) is 2. The summed E-state index contributed by atoms with van der Waals surface area (Å²) in [6.07, 6.45) is 4.12. The van der Waals surface area contributed by atoms with Crippen LogP contribution in [-0.2, 0) is 0 Å². The molecule has 0 spiro atoms. The first-order chi connectivity index (χ1) is 6.16. The van der Waals surface area contributed by atoms with Gasteiger partial charge < -0.3 is 15.4 Å². The van der Waals surface area contributed by atoms with Crippen LogP contribution in [0.1, 0.15) is 38.0 Å². The molecule has 13 heavy (non-hydrogen) atoms. The molecule has 0 saturated carbocycles. The van der Waals surface area contributed by atoms with E-state index in [0.29, 0.717) is 12.5 Å². The van der Waals surface area contributed by atoms with Gasteiger partial charge in [0.05, 0.1) is 12.0 Å². The van der Waals surface area contributed by atoms with Gasteiger partial charge in [-0.2, -0.15) is 0 Å². The molecule has 0 radical (unpaired) electrons. The maximum absolute atomic E-state index is 8.76. The van der Waals surface area contributed by atoms with Gasteiger partial charge in [-0.3, -0.25) is 0 Å². The molecule has 1 rings (SSSR count). The number of aliphatic hydroxyl groups excluding tert-OH is 1. The number of nitrogens with zero attached hydrogens (tertiary/aromatic N) is 2. The largest absolute Gasteiger partial charge is 0.396 e. The minimum Gasteiger partial charge on any atom is -0.396 e. The van der Waals surface area contributed by atoms with Crippen LogP contribution in [0.3, 0.4) is 0 Å². The van der Waals surface area contributed by atoms with Crippen molar-refractivity contribution >= 4 is 0 Å². The van der Waals surface area contributed by atoms with Crippen LogP contribution in [0, 0.1) is 0 Å². The average Bonchev–Trinajstić information content (AvgIpc) is 2.52. The van der Waals surface area contributed by atoms with Crippen molar-refractivity contribution in [1.29, 1.82) is 0 Å². The van der Waals surface area contributed by atoms with Crippen molar-refractivity contribution in [3.05, 3.63) is 18.2 Å². The Morgan fingerprint density at radius 1 is 1.62 bits per heavy atom. The topological polar surface area (TPSA) is 64.1 Å². The van der Waals surface area contributed by atoms with Crippen LogP contribution in [0.15, 0.2) is 12.5 Å². The fourth-order valence-corrected chi connectivity index (χ4v) is 1.32. The summed E-state index contributed by atoms with van der Waals surface area (Å²) in [5, 5.41) is 8.76. The van der Waals surface area contributed by atoms with Crippen molar-refractivity contribution in [3.8, 4) is 0 Å². The molecule has 0 saturated heterocycles. The monoisotopic (exact) mass is 183 g/mol. The van der Waals surface area contributed by atoms with E-state index in [1.165, 1.54) is 0 Å². The molecular formula is C9H17N3O. The number of nitrogens with two attached hydrogens (primary N) is 1. The van der Waals surface area contributed by atoms with Crippen LogP contribution in [-0.4, -0.2) is 21.3 Å². The number of rotatable bonds is 4. The van der Waals surface area contributed by atoms with E-state index in [-0.39, 0.29) is 12.6 Å². The molecule has 4 heteroatoms. The van der Waals surface area contributed by atoms with Gasteiger partial charge in [-0.25, -0.2) is 4.98 Å². The maximum Gasteiger partial charge on any atom is 0.0951 e. The Balaban J connectivity index is 2.80. The third-order valence-corrected chi connectivity index (χ3v) is 2.07. The van der Waals surface area contributed by atoms with E-state index in [4.69, 9.17) is 10.8 Å². The normalized spacial score (nSPS) is 13.6. The van der Waals surface area contributed by atoms with Gasteiger partial charge >= 0.3 is 0 Å². The molecule has 0 fully saturated rings. The van der Waals surface area contributed by atoms with E-state index in [2.05, 4.69) is 18.8 Å². The summed E-state index contributed by atoms with van der Waals surface area (Å²) < 4.78 is 2.03. The molecule has 4 nitrogen and oxygen atoms in total. The molecule has 1 heterocycles. The fraction of sp³-hybridized carbons (Fsp3) is 0.667. The van der Waals surface area contributed by atoms with Crippen LogP contribution in [0.25, 0.3) is 0 Å². The van der Waals surface area contributed by atoms with Crippen molar-refractivity contribution < 1.29 is 5.11 Å². The highest BCUT2D eigenvalue weighted by Crippen LogP contribution is 2.16. The Bertz CT molecular complexity index is 257. The van der Waals surface area contributed by atoms with Gasteiger partial charge in [0.15, 0.2) is 0 Å².